The summed E-state index contributed by atoms with van der Waals surface area (Å²) in [6.07, 6.45) is -1.05. The fraction of sp³-hybridized carbons (Fsp3) is 0.500. The van der Waals surface area contributed by atoms with Crippen LogP contribution in [0.25, 0.3) is 0 Å². The van der Waals surface area contributed by atoms with Gasteiger partial charge >= 0.3 is 5.97 Å². The van der Waals surface area contributed by atoms with Crippen LogP contribution in [-0.2, 0) is 35.5 Å². The third-order valence-electron chi connectivity index (χ3n) is 4.72. The van der Waals surface area contributed by atoms with E-state index < -0.39 is 44.0 Å². The number of β-lactam (4-membered cyclic amide) rings is 1. The second-order valence-corrected chi connectivity index (χ2v) is 9.06. The lowest BCUT2D eigenvalue weighted by Gasteiger charge is -2.41. The molecular weight excluding hydrogens is 334 g/mol. The highest BCUT2D eigenvalue weighted by atomic mass is 32.2. The molecule has 2 saturated heterocycles. The van der Waals surface area contributed by atoms with Crippen LogP contribution in [0.3, 0.4) is 0 Å². The van der Waals surface area contributed by atoms with E-state index in [2.05, 4.69) is 0 Å². The van der Waals surface area contributed by atoms with Crippen molar-refractivity contribution < 1.29 is 27.5 Å². The smallest absolute Gasteiger partial charge is 0.330 e. The monoisotopic (exact) mass is 353 g/mol. The van der Waals surface area contributed by atoms with Gasteiger partial charge in [-0.1, -0.05) is 30.3 Å². The average Bonchev–Trinajstić information content (AvgIpc) is 2.68. The summed E-state index contributed by atoms with van der Waals surface area (Å²) in [4.78, 5) is 25.8. The maximum absolute atomic E-state index is 12.7. The molecule has 0 spiro atoms. The number of carbonyl (C=O) groups excluding carboxylic acids is 2. The Morgan fingerprint density at radius 3 is 2.46 bits per heavy atom. The Kier molecular flexibility index (Phi) is 3.92. The molecule has 3 atom stereocenters. The molecule has 2 aliphatic rings. The van der Waals surface area contributed by atoms with Crippen LogP contribution >= 0.6 is 0 Å². The zero-order chi connectivity index (χ0) is 17.7. The van der Waals surface area contributed by atoms with Crippen LogP contribution in [0, 0.1) is 0 Å². The molecule has 7 nitrogen and oxygen atoms in total. The van der Waals surface area contributed by atoms with Crippen molar-refractivity contribution in [2.75, 3.05) is 7.11 Å². The van der Waals surface area contributed by atoms with Crippen molar-refractivity contribution in [3.05, 3.63) is 35.9 Å². The maximum Gasteiger partial charge on any atom is 0.330 e. The Labute approximate surface area is 140 Å². The molecular formula is C16H19NO6S. The van der Waals surface area contributed by atoms with Gasteiger partial charge in [-0.3, -0.25) is 4.79 Å². The average molecular weight is 353 g/mol. The van der Waals surface area contributed by atoms with Crippen LogP contribution in [-0.4, -0.2) is 54.6 Å². The van der Waals surface area contributed by atoms with Gasteiger partial charge in [-0.2, -0.15) is 0 Å². The molecule has 0 bridgehead atoms. The van der Waals surface area contributed by atoms with E-state index in [4.69, 9.17) is 9.47 Å². The van der Waals surface area contributed by atoms with E-state index in [9.17, 15) is 18.0 Å². The van der Waals surface area contributed by atoms with Gasteiger partial charge in [-0.25, -0.2) is 13.2 Å². The summed E-state index contributed by atoms with van der Waals surface area (Å²) in [5.74, 6) is -1.23. The first kappa shape index (κ1) is 16.9. The summed E-state index contributed by atoms with van der Waals surface area (Å²) < 4.78 is 34.2. The van der Waals surface area contributed by atoms with Crippen molar-refractivity contribution in [2.45, 2.75) is 42.7 Å². The van der Waals surface area contributed by atoms with Crippen LogP contribution in [0.2, 0.25) is 0 Å². The number of sulfone groups is 1. The number of esters is 1. The predicted molar refractivity (Wildman–Crippen MR) is 84.5 cm³/mol. The molecule has 130 valence electrons. The second kappa shape index (κ2) is 5.56. The summed E-state index contributed by atoms with van der Waals surface area (Å²) in [5, 5.41) is -1.13. The molecule has 0 unspecified atom stereocenters. The van der Waals surface area contributed by atoms with Crippen LogP contribution in [0.5, 0.6) is 0 Å². The topological polar surface area (TPSA) is 90.0 Å². The van der Waals surface area contributed by atoms with Crippen LogP contribution in [0.15, 0.2) is 30.3 Å². The Morgan fingerprint density at radius 1 is 1.25 bits per heavy atom. The van der Waals surface area contributed by atoms with Gasteiger partial charge < -0.3 is 14.4 Å². The largest absolute Gasteiger partial charge is 0.459 e. The van der Waals surface area contributed by atoms with Gasteiger partial charge in [-0.05, 0) is 19.4 Å². The third-order valence-corrected chi connectivity index (χ3v) is 7.52. The quantitative estimate of drug-likeness (QED) is 0.578. The van der Waals surface area contributed by atoms with Gasteiger partial charge in [0, 0.05) is 7.11 Å². The zero-order valence-electron chi connectivity index (χ0n) is 13.6. The van der Waals surface area contributed by atoms with Crippen molar-refractivity contribution in [3.8, 4) is 0 Å². The molecule has 3 rings (SSSR count). The number of methoxy groups -OCH3 is 1. The third kappa shape index (κ3) is 2.16. The lowest BCUT2D eigenvalue weighted by Crippen LogP contribution is -2.67. The van der Waals surface area contributed by atoms with Crippen molar-refractivity contribution in [1.82, 2.24) is 4.90 Å². The summed E-state index contributed by atoms with van der Waals surface area (Å²) >= 11 is 0. The number of rotatable bonds is 4. The van der Waals surface area contributed by atoms with Crippen molar-refractivity contribution in [2.24, 2.45) is 0 Å². The lowest BCUT2D eigenvalue weighted by molar-refractivity contribution is -0.175. The molecule has 0 saturated carbocycles. The van der Waals surface area contributed by atoms with E-state index in [0.29, 0.717) is 0 Å². The van der Waals surface area contributed by atoms with Crippen molar-refractivity contribution in [3.63, 3.8) is 0 Å². The summed E-state index contributed by atoms with van der Waals surface area (Å²) in [7, 11) is -2.48. The first-order valence-corrected chi connectivity index (χ1v) is 9.07. The first-order valence-electron chi connectivity index (χ1n) is 7.52. The molecule has 0 aromatic heterocycles. The Hall–Kier alpha value is -1.93. The van der Waals surface area contributed by atoms with E-state index in [1.807, 2.05) is 18.2 Å². The van der Waals surface area contributed by atoms with E-state index in [-0.39, 0.29) is 6.61 Å². The molecule has 1 aromatic rings. The fourth-order valence-corrected chi connectivity index (χ4v) is 5.49. The van der Waals surface area contributed by atoms with Gasteiger partial charge in [-0.15, -0.1) is 0 Å². The SMILES string of the molecule is CO[C@H]1C(=O)N2[C@@H](C(=O)OCc3ccccc3)C(C)(C)S(=O)(=O)[C@H]12. The number of hydrogen-bond acceptors (Lipinski definition) is 6. The minimum absolute atomic E-state index is 0.0205. The lowest BCUT2D eigenvalue weighted by atomic mass is 9.97. The van der Waals surface area contributed by atoms with Crippen molar-refractivity contribution >= 4 is 21.7 Å². The standard InChI is InChI=1S/C16H19NO6S/c1-16(2)12(15(19)23-9-10-7-5-4-6-8-10)17-13(18)11(22-3)14(17)24(16,20)21/h4-8,11-12,14H,9H2,1-3H3/t11-,12-,14+/m0/s1. The van der Waals surface area contributed by atoms with E-state index >= 15 is 0 Å². The number of ether oxygens (including phenoxy) is 2. The predicted octanol–water partition coefficient (Wildman–Crippen LogP) is 0.489. The van der Waals surface area contributed by atoms with Crippen LogP contribution < -0.4 is 0 Å². The van der Waals surface area contributed by atoms with Gasteiger partial charge in [0.15, 0.2) is 21.3 Å². The molecule has 2 fully saturated rings. The van der Waals surface area contributed by atoms with E-state index in [1.165, 1.54) is 21.0 Å². The molecule has 1 aromatic carbocycles. The minimum Gasteiger partial charge on any atom is -0.459 e. The molecule has 0 aliphatic carbocycles. The highest BCUT2D eigenvalue weighted by molar-refractivity contribution is 7.94. The van der Waals surface area contributed by atoms with Gasteiger partial charge in [0.2, 0.25) is 0 Å². The number of benzene rings is 1. The molecule has 1 amide bonds. The van der Waals surface area contributed by atoms with Crippen LogP contribution in [0.4, 0.5) is 0 Å². The van der Waals surface area contributed by atoms with E-state index in [1.54, 1.807) is 12.1 Å². The molecule has 2 heterocycles. The number of amides is 1. The van der Waals surface area contributed by atoms with E-state index in [0.717, 1.165) is 10.5 Å². The Morgan fingerprint density at radius 2 is 1.88 bits per heavy atom. The molecule has 0 N–H and O–H groups in total. The number of hydrogen-bond donors (Lipinski definition) is 0. The summed E-state index contributed by atoms with van der Waals surface area (Å²) in [6.45, 7) is 2.90. The minimum atomic E-state index is -3.76. The molecule has 24 heavy (non-hydrogen) atoms. The molecule has 8 heteroatoms. The Balaban J connectivity index is 1.84. The number of carbonyl (C=O) groups is 2. The maximum atomic E-state index is 12.7. The highest BCUT2D eigenvalue weighted by Gasteiger charge is 2.72. The normalized spacial score (nSPS) is 29.7. The summed E-state index contributed by atoms with van der Waals surface area (Å²) in [6, 6.07) is 7.88. The fourth-order valence-electron chi connectivity index (χ4n) is 3.27. The first-order chi connectivity index (χ1) is 11.2. The zero-order valence-corrected chi connectivity index (χ0v) is 14.4. The second-order valence-electron chi connectivity index (χ2n) is 6.44. The van der Waals surface area contributed by atoms with Gasteiger partial charge in [0.1, 0.15) is 17.4 Å². The van der Waals surface area contributed by atoms with Crippen molar-refractivity contribution in [1.29, 1.82) is 0 Å². The number of nitrogens with zero attached hydrogens (tertiary/aromatic N) is 1. The molecule has 2 aliphatic heterocycles. The number of fused-ring (bicyclic) bond motifs is 1. The van der Waals surface area contributed by atoms with Gasteiger partial charge in [0.05, 0.1) is 0 Å². The van der Waals surface area contributed by atoms with Gasteiger partial charge in [0.25, 0.3) is 5.91 Å². The Bertz CT molecular complexity index is 773. The van der Waals surface area contributed by atoms with Crippen LogP contribution in [0.1, 0.15) is 19.4 Å². The highest BCUT2D eigenvalue weighted by Crippen LogP contribution is 2.47. The summed E-state index contributed by atoms with van der Waals surface area (Å²) in [5.41, 5.74) is 0.783. The molecule has 0 radical (unpaired) electrons.